The van der Waals surface area contributed by atoms with Crippen molar-refractivity contribution >= 4 is 17.7 Å². The predicted molar refractivity (Wildman–Crippen MR) is 73.0 cm³/mol. The van der Waals surface area contributed by atoms with Gasteiger partial charge in [0.15, 0.2) is 0 Å². The van der Waals surface area contributed by atoms with Crippen LogP contribution in [-0.4, -0.2) is 36.0 Å². The molecule has 0 rings (SSSR count). The molecule has 3 nitrogen and oxygen atoms in total. The van der Waals surface area contributed by atoms with E-state index in [0.717, 1.165) is 13.0 Å². The van der Waals surface area contributed by atoms with Crippen LogP contribution in [-0.2, 0) is 4.79 Å². The van der Waals surface area contributed by atoms with Gasteiger partial charge in [0.05, 0.1) is 6.04 Å². The summed E-state index contributed by atoms with van der Waals surface area (Å²) >= 11 is 1.87. The molecule has 1 unspecified atom stereocenters. The van der Waals surface area contributed by atoms with Gasteiger partial charge < -0.3 is 10.6 Å². The van der Waals surface area contributed by atoms with Gasteiger partial charge in [-0.05, 0) is 59.1 Å². The van der Waals surface area contributed by atoms with Gasteiger partial charge in [-0.1, -0.05) is 0 Å². The molecule has 0 spiro atoms. The summed E-state index contributed by atoms with van der Waals surface area (Å²) in [5, 5.41) is 6.21. The minimum atomic E-state index is -0.147. The van der Waals surface area contributed by atoms with Crippen molar-refractivity contribution in [3.8, 4) is 0 Å². The Bertz CT molecular complexity index is 202. The van der Waals surface area contributed by atoms with Crippen molar-refractivity contribution in [1.82, 2.24) is 10.6 Å². The van der Waals surface area contributed by atoms with E-state index in [1.165, 1.54) is 12.2 Å². The predicted octanol–water partition coefficient (Wildman–Crippen LogP) is 2.02. The van der Waals surface area contributed by atoms with Crippen LogP contribution in [0.3, 0.4) is 0 Å². The Morgan fingerprint density at radius 1 is 1.31 bits per heavy atom. The summed E-state index contributed by atoms with van der Waals surface area (Å²) in [6.07, 6.45) is 4.46. The van der Waals surface area contributed by atoms with E-state index in [9.17, 15) is 4.79 Å². The number of rotatable bonds is 7. The molecule has 0 fully saturated rings. The average Bonchev–Trinajstić information content (AvgIpc) is 2.14. The highest BCUT2D eigenvalue weighted by Gasteiger charge is 2.18. The van der Waals surface area contributed by atoms with E-state index in [-0.39, 0.29) is 17.5 Å². The number of thioether (sulfide) groups is 1. The molecule has 0 aromatic rings. The van der Waals surface area contributed by atoms with Gasteiger partial charge in [0.2, 0.25) is 5.91 Å². The van der Waals surface area contributed by atoms with Crippen molar-refractivity contribution in [2.24, 2.45) is 0 Å². The normalized spacial score (nSPS) is 13.6. The van der Waals surface area contributed by atoms with Gasteiger partial charge in [-0.2, -0.15) is 11.8 Å². The third-order valence-corrected chi connectivity index (χ3v) is 2.81. The van der Waals surface area contributed by atoms with E-state index in [1.807, 2.05) is 39.5 Å². The first kappa shape index (κ1) is 15.8. The Labute approximate surface area is 104 Å². The first-order valence-corrected chi connectivity index (χ1v) is 7.30. The third kappa shape index (κ3) is 9.04. The molecule has 1 atom stereocenters. The molecule has 2 N–H and O–H groups in total. The van der Waals surface area contributed by atoms with Crippen LogP contribution in [0, 0.1) is 0 Å². The van der Waals surface area contributed by atoms with Crippen LogP contribution in [0.1, 0.15) is 40.5 Å². The zero-order chi connectivity index (χ0) is 12.6. The third-order valence-electron chi connectivity index (χ3n) is 2.12. The van der Waals surface area contributed by atoms with Crippen molar-refractivity contribution in [3.05, 3.63) is 0 Å². The monoisotopic (exact) mass is 246 g/mol. The molecule has 0 aromatic carbocycles. The lowest BCUT2D eigenvalue weighted by molar-refractivity contribution is -0.124. The standard InChI is InChI=1S/C12H26N2OS/c1-10(11(15)14-12(2,3)4)13-8-6-7-9-16-5/h10,13H,6-9H2,1-5H3,(H,14,15). The van der Waals surface area contributed by atoms with E-state index in [2.05, 4.69) is 16.9 Å². The Balaban J connectivity index is 3.64. The van der Waals surface area contributed by atoms with Crippen molar-refractivity contribution < 1.29 is 4.79 Å². The summed E-state index contributed by atoms with van der Waals surface area (Å²) in [4.78, 5) is 11.7. The second-order valence-corrected chi connectivity index (χ2v) is 6.10. The topological polar surface area (TPSA) is 41.1 Å². The molecular weight excluding hydrogens is 220 g/mol. The minimum Gasteiger partial charge on any atom is -0.350 e. The number of carbonyl (C=O) groups is 1. The number of unbranched alkanes of at least 4 members (excludes halogenated alkanes) is 1. The molecule has 0 aromatic heterocycles. The lowest BCUT2D eigenvalue weighted by Crippen LogP contribution is -2.49. The van der Waals surface area contributed by atoms with Gasteiger partial charge in [0.1, 0.15) is 0 Å². The lowest BCUT2D eigenvalue weighted by Gasteiger charge is -2.23. The number of hydrogen-bond donors (Lipinski definition) is 2. The van der Waals surface area contributed by atoms with Crippen LogP contribution in [0.4, 0.5) is 0 Å². The highest BCUT2D eigenvalue weighted by molar-refractivity contribution is 7.98. The average molecular weight is 246 g/mol. The summed E-state index contributed by atoms with van der Waals surface area (Å²) < 4.78 is 0. The van der Waals surface area contributed by atoms with Crippen LogP contribution >= 0.6 is 11.8 Å². The fourth-order valence-corrected chi connectivity index (χ4v) is 1.75. The molecule has 0 aliphatic heterocycles. The summed E-state index contributed by atoms with van der Waals surface area (Å²) in [5.74, 6) is 1.28. The summed E-state index contributed by atoms with van der Waals surface area (Å²) in [6.45, 7) is 8.82. The zero-order valence-electron chi connectivity index (χ0n) is 11.2. The largest absolute Gasteiger partial charge is 0.350 e. The van der Waals surface area contributed by atoms with Crippen LogP contribution in [0.15, 0.2) is 0 Å². The highest BCUT2D eigenvalue weighted by Crippen LogP contribution is 2.00. The molecule has 1 amide bonds. The fraction of sp³-hybridized carbons (Fsp3) is 0.917. The maximum atomic E-state index is 11.7. The summed E-state index contributed by atoms with van der Waals surface area (Å²) in [5.41, 5.74) is -0.147. The molecule has 0 aliphatic carbocycles. The number of carbonyl (C=O) groups excluding carboxylic acids is 1. The fourth-order valence-electron chi connectivity index (χ4n) is 1.26. The molecule has 16 heavy (non-hydrogen) atoms. The Kier molecular flexibility index (Phi) is 7.85. The van der Waals surface area contributed by atoms with Gasteiger partial charge in [-0.25, -0.2) is 0 Å². The van der Waals surface area contributed by atoms with Crippen LogP contribution < -0.4 is 10.6 Å². The van der Waals surface area contributed by atoms with E-state index >= 15 is 0 Å². The smallest absolute Gasteiger partial charge is 0.237 e. The van der Waals surface area contributed by atoms with Crippen molar-refractivity contribution in [3.63, 3.8) is 0 Å². The molecule has 0 bridgehead atoms. The van der Waals surface area contributed by atoms with E-state index in [4.69, 9.17) is 0 Å². The van der Waals surface area contributed by atoms with Gasteiger partial charge in [-0.3, -0.25) is 4.79 Å². The quantitative estimate of drug-likeness (QED) is 0.675. The Hall–Kier alpha value is -0.220. The second kappa shape index (κ2) is 7.96. The van der Waals surface area contributed by atoms with Crippen LogP contribution in [0.25, 0.3) is 0 Å². The van der Waals surface area contributed by atoms with E-state index in [0.29, 0.717) is 0 Å². The van der Waals surface area contributed by atoms with Gasteiger partial charge >= 0.3 is 0 Å². The molecule has 0 aliphatic rings. The molecule has 96 valence electrons. The van der Waals surface area contributed by atoms with Gasteiger partial charge in [0, 0.05) is 5.54 Å². The molecule has 4 heteroatoms. The Morgan fingerprint density at radius 2 is 1.94 bits per heavy atom. The van der Waals surface area contributed by atoms with Crippen molar-refractivity contribution in [1.29, 1.82) is 0 Å². The highest BCUT2D eigenvalue weighted by atomic mass is 32.2. The number of amides is 1. The zero-order valence-corrected chi connectivity index (χ0v) is 12.0. The Morgan fingerprint density at radius 3 is 2.44 bits per heavy atom. The number of hydrogen-bond acceptors (Lipinski definition) is 3. The van der Waals surface area contributed by atoms with Crippen LogP contribution in [0.2, 0.25) is 0 Å². The van der Waals surface area contributed by atoms with E-state index in [1.54, 1.807) is 0 Å². The summed E-state index contributed by atoms with van der Waals surface area (Å²) in [7, 11) is 0. The van der Waals surface area contributed by atoms with Crippen molar-refractivity contribution in [2.75, 3.05) is 18.6 Å². The van der Waals surface area contributed by atoms with Crippen molar-refractivity contribution in [2.45, 2.75) is 52.1 Å². The first-order chi connectivity index (χ1) is 7.37. The SMILES string of the molecule is CSCCCCNC(C)C(=O)NC(C)(C)C. The number of nitrogens with one attached hydrogen (secondary N) is 2. The molecule has 0 saturated carbocycles. The maximum absolute atomic E-state index is 11.7. The lowest BCUT2D eigenvalue weighted by atomic mass is 10.1. The van der Waals surface area contributed by atoms with Crippen LogP contribution in [0.5, 0.6) is 0 Å². The molecule has 0 radical (unpaired) electrons. The molecular formula is C12H26N2OS. The first-order valence-electron chi connectivity index (χ1n) is 5.91. The van der Waals surface area contributed by atoms with Gasteiger partial charge in [0.25, 0.3) is 0 Å². The van der Waals surface area contributed by atoms with E-state index < -0.39 is 0 Å². The maximum Gasteiger partial charge on any atom is 0.237 e. The summed E-state index contributed by atoms with van der Waals surface area (Å²) in [6, 6.07) is -0.103. The molecule has 0 heterocycles. The minimum absolute atomic E-state index is 0.0809. The van der Waals surface area contributed by atoms with Gasteiger partial charge in [-0.15, -0.1) is 0 Å². The second-order valence-electron chi connectivity index (χ2n) is 5.11. The molecule has 0 saturated heterocycles.